The normalized spacial score (nSPS) is 11.7. The number of hydrogen-bond donors (Lipinski definition) is 0. The fraction of sp³-hybridized carbons (Fsp3) is 0.176. The Morgan fingerprint density at radius 3 is 2.62 bits per heavy atom. The molecule has 110 valence electrons. The van der Waals surface area contributed by atoms with Gasteiger partial charge in [-0.3, -0.25) is 0 Å². The van der Waals surface area contributed by atoms with Crippen molar-refractivity contribution in [1.29, 1.82) is 0 Å². The molecule has 0 spiro atoms. The van der Waals surface area contributed by atoms with E-state index >= 15 is 0 Å². The van der Waals surface area contributed by atoms with Gasteiger partial charge in [0.25, 0.3) is 0 Å². The fourth-order valence-electron chi connectivity index (χ4n) is 1.71. The van der Waals surface area contributed by atoms with E-state index in [4.69, 9.17) is 0 Å². The molecule has 0 heterocycles. The van der Waals surface area contributed by atoms with Crippen molar-refractivity contribution in [2.24, 2.45) is 0 Å². The molecule has 4 heteroatoms. The molecule has 0 atom stereocenters. The second-order valence-corrected chi connectivity index (χ2v) is 9.90. The van der Waals surface area contributed by atoms with Crippen molar-refractivity contribution in [3.8, 4) is 0 Å². The van der Waals surface area contributed by atoms with E-state index in [0.717, 1.165) is 13.6 Å². The summed E-state index contributed by atoms with van der Waals surface area (Å²) in [4.78, 5) is 1.31. The Morgan fingerprint density at radius 1 is 1.19 bits per heavy atom. The molecule has 2 aromatic rings. The first-order valence-electron chi connectivity index (χ1n) is 6.71. The zero-order valence-corrected chi connectivity index (χ0v) is 15.8. The van der Waals surface area contributed by atoms with Crippen molar-refractivity contribution in [1.82, 2.24) is 0 Å². The molecule has 0 fully saturated rings. The second kappa shape index (κ2) is 8.79. The Bertz CT molecular complexity index is 610. The monoisotopic (exact) mass is 430 g/mol. The topological polar surface area (TPSA) is 0 Å². The predicted octanol–water partition coefficient (Wildman–Crippen LogP) is 5.05. The van der Waals surface area contributed by atoms with Crippen LogP contribution >= 0.6 is 27.7 Å². The van der Waals surface area contributed by atoms with Gasteiger partial charge < -0.3 is 0 Å². The van der Waals surface area contributed by atoms with Crippen molar-refractivity contribution in [3.63, 3.8) is 0 Å². The van der Waals surface area contributed by atoms with E-state index in [1.165, 1.54) is 29.0 Å². The zero-order valence-electron chi connectivity index (χ0n) is 11.7. The summed E-state index contributed by atoms with van der Waals surface area (Å²) in [6.45, 7) is 2.19. The van der Waals surface area contributed by atoms with Gasteiger partial charge in [0.1, 0.15) is 0 Å². The van der Waals surface area contributed by atoms with Crippen LogP contribution < -0.4 is 4.46 Å². The molecule has 0 unspecified atom stereocenters. The summed E-state index contributed by atoms with van der Waals surface area (Å²) in [5, 5.41) is 0. The quantitative estimate of drug-likeness (QED) is 0.457. The summed E-state index contributed by atoms with van der Waals surface area (Å²) < 4.78 is 15.2. The van der Waals surface area contributed by atoms with Crippen LogP contribution in [0.2, 0.25) is 0 Å². The zero-order chi connectivity index (χ0) is 15.1. The second-order valence-electron chi connectivity index (χ2n) is 4.39. The number of thioether (sulfide) groups is 1. The van der Waals surface area contributed by atoms with Gasteiger partial charge in [0, 0.05) is 0 Å². The molecule has 21 heavy (non-hydrogen) atoms. The predicted molar refractivity (Wildman–Crippen MR) is 96.1 cm³/mol. The molecular formula is C17H16BrFSSe. The molecule has 0 radical (unpaired) electrons. The summed E-state index contributed by atoms with van der Waals surface area (Å²) in [6, 6.07) is 15.2. The number of rotatable bonds is 6. The first kappa shape index (κ1) is 16.8. The Hall–Kier alpha value is -0.541. The summed E-state index contributed by atoms with van der Waals surface area (Å²) in [6.07, 6.45) is 3.35. The number of halogens is 2. The van der Waals surface area contributed by atoms with Gasteiger partial charge in [-0.2, -0.15) is 0 Å². The molecule has 0 N–H and O–H groups in total. The molecule has 0 saturated heterocycles. The maximum atomic E-state index is 12.9. The van der Waals surface area contributed by atoms with Gasteiger partial charge in [0.15, 0.2) is 0 Å². The van der Waals surface area contributed by atoms with E-state index in [1.807, 2.05) is 23.9 Å². The summed E-state index contributed by atoms with van der Waals surface area (Å²) in [5.74, 6) is 0.946. The minimum absolute atomic E-state index is 0.163. The van der Waals surface area contributed by atoms with Gasteiger partial charge in [-0.15, -0.1) is 0 Å². The standard InChI is InChI=1S/C17H16BrFSSe/c1-2-11-20-16-6-4-3-5-13(16)12-17(18)21-15-9-7-14(19)8-10-15/h3-10,12H,2,11H2,1H3/b17-12-. The molecule has 2 aromatic carbocycles. The maximum absolute atomic E-state index is 12.9. The third-order valence-corrected chi connectivity index (χ3v) is 6.77. The van der Waals surface area contributed by atoms with Crippen LogP contribution in [0.4, 0.5) is 4.39 Å². The number of hydrogen-bond acceptors (Lipinski definition) is 1. The molecule has 0 aliphatic rings. The Kier molecular flexibility index (Phi) is 7.05. The summed E-state index contributed by atoms with van der Waals surface area (Å²) in [5.41, 5.74) is 1.24. The summed E-state index contributed by atoms with van der Waals surface area (Å²) in [7, 11) is 0. The SMILES string of the molecule is CCCSc1ccccc1/C=C(/Br)[Se]c1ccc(F)cc1. The van der Waals surface area contributed by atoms with Crippen molar-refractivity contribution < 1.29 is 4.39 Å². The Labute approximate surface area is 144 Å². The first-order chi connectivity index (χ1) is 10.2. The molecule has 0 nitrogen and oxygen atoms in total. The van der Waals surface area contributed by atoms with Gasteiger partial charge in [-0.25, -0.2) is 0 Å². The van der Waals surface area contributed by atoms with Crippen LogP contribution in [0.1, 0.15) is 18.9 Å². The fourth-order valence-corrected chi connectivity index (χ4v) is 5.25. The van der Waals surface area contributed by atoms with Crippen molar-refractivity contribution in [2.75, 3.05) is 5.75 Å². The van der Waals surface area contributed by atoms with E-state index in [0.29, 0.717) is 0 Å². The molecule has 0 aromatic heterocycles. The van der Waals surface area contributed by atoms with Gasteiger partial charge in [0.2, 0.25) is 0 Å². The van der Waals surface area contributed by atoms with Crippen LogP contribution in [0, 0.1) is 5.82 Å². The van der Waals surface area contributed by atoms with E-state index in [-0.39, 0.29) is 20.8 Å². The van der Waals surface area contributed by atoms with Crippen LogP contribution in [-0.2, 0) is 0 Å². The third-order valence-electron chi connectivity index (χ3n) is 2.68. The molecule has 0 aliphatic heterocycles. The Balaban J connectivity index is 2.12. The van der Waals surface area contributed by atoms with Crippen LogP contribution in [0.3, 0.4) is 0 Å². The van der Waals surface area contributed by atoms with Crippen molar-refractivity contribution in [2.45, 2.75) is 18.2 Å². The average molecular weight is 430 g/mol. The average Bonchev–Trinajstić information content (AvgIpc) is 2.49. The van der Waals surface area contributed by atoms with Crippen molar-refractivity contribution >= 4 is 53.2 Å². The van der Waals surface area contributed by atoms with E-state index in [2.05, 4.69) is 53.2 Å². The van der Waals surface area contributed by atoms with Crippen molar-refractivity contribution in [3.05, 3.63) is 63.3 Å². The summed E-state index contributed by atoms with van der Waals surface area (Å²) >= 11 is 5.71. The van der Waals surface area contributed by atoms with Gasteiger partial charge in [-0.1, -0.05) is 0 Å². The molecule has 0 saturated carbocycles. The number of benzene rings is 2. The molecule has 0 bridgehead atoms. The van der Waals surface area contributed by atoms with E-state index < -0.39 is 0 Å². The minimum atomic E-state index is -0.184. The molecule has 0 aliphatic carbocycles. The van der Waals surface area contributed by atoms with E-state index in [1.54, 1.807) is 0 Å². The van der Waals surface area contributed by atoms with Gasteiger partial charge in [-0.05, 0) is 0 Å². The van der Waals surface area contributed by atoms with Crippen LogP contribution in [0.5, 0.6) is 0 Å². The first-order valence-corrected chi connectivity index (χ1v) is 10.2. The van der Waals surface area contributed by atoms with E-state index in [9.17, 15) is 4.39 Å². The molecule has 0 amide bonds. The molecule has 2 rings (SSSR count). The van der Waals surface area contributed by atoms with Crippen LogP contribution in [0.25, 0.3) is 6.08 Å². The van der Waals surface area contributed by atoms with Crippen LogP contribution in [0.15, 0.2) is 56.8 Å². The third kappa shape index (κ3) is 5.63. The van der Waals surface area contributed by atoms with Crippen LogP contribution in [-0.4, -0.2) is 20.7 Å². The van der Waals surface area contributed by atoms with Gasteiger partial charge >= 0.3 is 145 Å². The molecular weight excluding hydrogens is 414 g/mol. The van der Waals surface area contributed by atoms with Gasteiger partial charge in [0.05, 0.1) is 0 Å². The Morgan fingerprint density at radius 2 is 1.90 bits per heavy atom.